The van der Waals surface area contributed by atoms with Gasteiger partial charge in [0.25, 0.3) is 0 Å². The van der Waals surface area contributed by atoms with Crippen molar-refractivity contribution in [2.24, 2.45) is 5.41 Å². The van der Waals surface area contributed by atoms with Crippen LogP contribution < -0.4 is 0 Å². The van der Waals surface area contributed by atoms with E-state index in [9.17, 15) is 0 Å². The average Bonchev–Trinajstić information content (AvgIpc) is 2.67. The average molecular weight is 405 g/mol. The predicted molar refractivity (Wildman–Crippen MR) is 126 cm³/mol. The first-order chi connectivity index (χ1) is 12.7. The van der Waals surface area contributed by atoms with E-state index in [4.69, 9.17) is 4.43 Å². The van der Waals surface area contributed by atoms with Crippen molar-refractivity contribution in [3.63, 3.8) is 0 Å². The minimum Gasteiger partial charge on any atom is -0.406 e. The number of fused-ring (bicyclic) bond motifs is 1. The summed E-state index contributed by atoms with van der Waals surface area (Å²) in [6.45, 7) is 21.8. The summed E-state index contributed by atoms with van der Waals surface area (Å²) < 4.78 is 7.60. The molecular formula is C24H44OSi2. The zero-order chi connectivity index (χ0) is 20.5. The van der Waals surface area contributed by atoms with E-state index >= 15 is 0 Å². The molecule has 2 rings (SSSR count). The van der Waals surface area contributed by atoms with Gasteiger partial charge in [-0.3, -0.25) is 0 Å². The van der Waals surface area contributed by atoms with Crippen molar-refractivity contribution in [3.05, 3.63) is 35.4 Å². The molecule has 1 aliphatic rings. The van der Waals surface area contributed by atoms with Gasteiger partial charge in [-0.05, 0) is 34.7 Å². The molecule has 0 unspecified atom stereocenters. The summed E-state index contributed by atoms with van der Waals surface area (Å²) in [6, 6.07) is 17.1. The van der Waals surface area contributed by atoms with Crippen LogP contribution in [-0.2, 0) is 10.0 Å². The standard InChI is InChI=1S/C24H44OSi2/c1-10-26(11-2,12-3)22-20-18-16-17-19-21(20)24(22,23(7,8)9)25-27(13-4,14-5)15-6/h16-19,22H,10-15H2,1-9H3/t22-,24-/m1/s1. The van der Waals surface area contributed by atoms with Crippen LogP contribution in [0.4, 0.5) is 0 Å². The van der Waals surface area contributed by atoms with E-state index in [0.717, 1.165) is 0 Å². The molecular weight excluding hydrogens is 360 g/mol. The van der Waals surface area contributed by atoms with Gasteiger partial charge in [0, 0.05) is 5.54 Å². The lowest BCUT2D eigenvalue weighted by molar-refractivity contribution is -0.0782. The fourth-order valence-corrected chi connectivity index (χ4v) is 14.3. The molecule has 3 heteroatoms. The summed E-state index contributed by atoms with van der Waals surface area (Å²) in [5.74, 6) is 0. The molecule has 1 aromatic carbocycles. The first kappa shape index (κ1) is 22.9. The predicted octanol–water partition coefficient (Wildman–Crippen LogP) is 8.09. The van der Waals surface area contributed by atoms with Crippen LogP contribution in [0.25, 0.3) is 0 Å². The highest BCUT2D eigenvalue weighted by Gasteiger charge is 2.66. The SMILES string of the molecule is CC[Si](CC)(CC)O[C@]1(C(C)(C)C)c2ccccc2[C@H]1[Si](CC)(CC)CC. The molecule has 1 aromatic rings. The monoisotopic (exact) mass is 404 g/mol. The van der Waals surface area contributed by atoms with Gasteiger partial charge in [0.15, 0.2) is 8.32 Å². The van der Waals surface area contributed by atoms with Crippen LogP contribution in [0, 0.1) is 5.41 Å². The van der Waals surface area contributed by atoms with E-state index in [2.05, 4.69) is 86.6 Å². The van der Waals surface area contributed by atoms with Crippen molar-refractivity contribution in [1.29, 1.82) is 0 Å². The first-order valence-electron chi connectivity index (χ1n) is 11.5. The Morgan fingerprint density at radius 1 is 0.815 bits per heavy atom. The number of rotatable bonds is 9. The first-order valence-corrected chi connectivity index (χ1v) is 16.7. The second-order valence-electron chi connectivity index (χ2n) is 9.77. The smallest absolute Gasteiger partial charge is 0.193 e. The van der Waals surface area contributed by atoms with Gasteiger partial charge in [-0.2, -0.15) is 0 Å². The molecule has 0 saturated carbocycles. The van der Waals surface area contributed by atoms with Crippen molar-refractivity contribution >= 4 is 16.4 Å². The minimum absolute atomic E-state index is 0.0912. The van der Waals surface area contributed by atoms with Crippen LogP contribution in [0.15, 0.2) is 24.3 Å². The summed E-state index contributed by atoms with van der Waals surface area (Å²) >= 11 is 0. The molecule has 0 radical (unpaired) electrons. The number of hydrogen-bond donors (Lipinski definition) is 0. The van der Waals surface area contributed by atoms with Gasteiger partial charge in [0.2, 0.25) is 0 Å². The number of hydrogen-bond acceptors (Lipinski definition) is 1. The lowest BCUT2D eigenvalue weighted by Gasteiger charge is -2.65. The summed E-state index contributed by atoms with van der Waals surface area (Å²) in [6.07, 6.45) is 0. The van der Waals surface area contributed by atoms with E-state index in [0.29, 0.717) is 5.54 Å². The molecule has 0 N–H and O–H groups in total. The Hall–Kier alpha value is -0.386. The van der Waals surface area contributed by atoms with Crippen LogP contribution in [0.3, 0.4) is 0 Å². The molecule has 27 heavy (non-hydrogen) atoms. The van der Waals surface area contributed by atoms with Gasteiger partial charge in [-0.25, -0.2) is 0 Å². The fourth-order valence-electron chi connectivity index (χ4n) is 5.92. The lowest BCUT2D eigenvalue weighted by atomic mass is 9.60. The van der Waals surface area contributed by atoms with Crippen molar-refractivity contribution in [1.82, 2.24) is 0 Å². The topological polar surface area (TPSA) is 9.23 Å². The van der Waals surface area contributed by atoms with Gasteiger partial charge in [0.05, 0.1) is 13.7 Å². The maximum atomic E-state index is 7.60. The molecule has 0 aromatic heterocycles. The quantitative estimate of drug-likeness (QED) is 0.378. The highest BCUT2D eigenvalue weighted by Crippen LogP contribution is 2.66. The Bertz CT molecular complexity index is 609. The molecule has 0 amide bonds. The van der Waals surface area contributed by atoms with E-state index in [1.807, 2.05) is 0 Å². The van der Waals surface area contributed by atoms with Gasteiger partial charge in [-0.15, -0.1) is 0 Å². The molecule has 0 heterocycles. The highest BCUT2D eigenvalue weighted by molar-refractivity contribution is 6.82. The molecule has 2 atom stereocenters. The Balaban J connectivity index is 2.77. The van der Waals surface area contributed by atoms with Gasteiger partial charge in [-0.1, -0.05) is 105 Å². The van der Waals surface area contributed by atoms with E-state index in [1.165, 1.54) is 41.8 Å². The minimum atomic E-state index is -1.74. The second kappa shape index (κ2) is 8.16. The molecule has 0 spiro atoms. The van der Waals surface area contributed by atoms with Crippen LogP contribution >= 0.6 is 0 Å². The number of benzene rings is 1. The molecule has 0 saturated heterocycles. The zero-order valence-electron chi connectivity index (χ0n) is 19.5. The summed E-state index contributed by atoms with van der Waals surface area (Å²) in [4.78, 5) is 0. The van der Waals surface area contributed by atoms with Crippen LogP contribution in [0.5, 0.6) is 0 Å². The molecule has 1 aliphatic carbocycles. The van der Waals surface area contributed by atoms with Crippen LogP contribution in [0.1, 0.15) is 79.0 Å². The van der Waals surface area contributed by atoms with Crippen LogP contribution in [-0.4, -0.2) is 16.4 Å². The normalized spacial score (nSPS) is 23.1. The molecule has 0 bridgehead atoms. The fraction of sp³-hybridized carbons (Fsp3) is 0.750. The third kappa shape index (κ3) is 3.32. The second-order valence-corrected chi connectivity index (χ2v) is 19.9. The van der Waals surface area contributed by atoms with Gasteiger partial charge < -0.3 is 4.43 Å². The summed E-state index contributed by atoms with van der Waals surface area (Å²) in [7, 11) is -3.21. The van der Waals surface area contributed by atoms with E-state index in [1.54, 1.807) is 5.56 Å². The summed E-state index contributed by atoms with van der Waals surface area (Å²) in [5.41, 5.74) is 3.80. The maximum Gasteiger partial charge on any atom is 0.193 e. The molecule has 1 nitrogen and oxygen atoms in total. The molecule has 154 valence electrons. The Morgan fingerprint density at radius 3 is 1.70 bits per heavy atom. The largest absolute Gasteiger partial charge is 0.406 e. The van der Waals surface area contributed by atoms with Gasteiger partial charge >= 0.3 is 0 Å². The molecule has 0 aliphatic heterocycles. The van der Waals surface area contributed by atoms with E-state index in [-0.39, 0.29) is 11.0 Å². The van der Waals surface area contributed by atoms with Crippen LogP contribution in [0.2, 0.25) is 36.3 Å². The Morgan fingerprint density at radius 2 is 1.30 bits per heavy atom. The zero-order valence-corrected chi connectivity index (χ0v) is 21.5. The van der Waals surface area contributed by atoms with E-state index < -0.39 is 16.4 Å². The van der Waals surface area contributed by atoms with Crippen molar-refractivity contribution in [2.45, 2.75) is 110 Å². The lowest BCUT2D eigenvalue weighted by Crippen LogP contribution is -2.66. The third-order valence-corrected chi connectivity index (χ3v) is 19.0. The summed E-state index contributed by atoms with van der Waals surface area (Å²) in [5, 5.41) is 0. The van der Waals surface area contributed by atoms with Gasteiger partial charge in [0.1, 0.15) is 0 Å². The molecule has 0 fully saturated rings. The third-order valence-electron chi connectivity index (χ3n) is 8.23. The Labute approximate surface area is 171 Å². The van der Waals surface area contributed by atoms with Crippen molar-refractivity contribution in [2.75, 3.05) is 0 Å². The van der Waals surface area contributed by atoms with Crippen molar-refractivity contribution < 1.29 is 4.43 Å². The highest BCUT2D eigenvalue weighted by atomic mass is 28.4. The Kier molecular flexibility index (Phi) is 6.92. The maximum absolute atomic E-state index is 7.60. The van der Waals surface area contributed by atoms with Crippen molar-refractivity contribution in [3.8, 4) is 0 Å².